The van der Waals surface area contributed by atoms with Gasteiger partial charge in [0.1, 0.15) is 5.54 Å². The van der Waals surface area contributed by atoms with Crippen molar-refractivity contribution in [2.75, 3.05) is 13.2 Å². The predicted molar refractivity (Wildman–Crippen MR) is 103 cm³/mol. The minimum atomic E-state index is 0.109. The fraction of sp³-hybridized carbons (Fsp3) is 0.500. The van der Waals surface area contributed by atoms with E-state index >= 15 is 0 Å². The van der Waals surface area contributed by atoms with Crippen LogP contribution in [0.25, 0.3) is 0 Å². The standard InChI is InChI=1S/C24H28NO/c1-4-24-20-13-9-7-11-18(20)22(3)17-10-6-8-12-19(17)23(14-15-26-5-2)16-21(24)25(22,23)24/h6-13,21H,4-5,14-16H2,1-3H3/q+1/t21?,22?,23-,24-,25?/m0/s1. The average molecular weight is 346 g/mol. The monoisotopic (exact) mass is 346 g/mol. The summed E-state index contributed by atoms with van der Waals surface area (Å²) in [6, 6.07) is 19.5. The molecule has 0 aliphatic carbocycles. The van der Waals surface area contributed by atoms with E-state index in [1.165, 1.54) is 17.3 Å². The molecule has 2 saturated heterocycles. The van der Waals surface area contributed by atoms with Gasteiger partial charge in [0.15, 0.2) is 17.1 Å². The van der Waals surface area contributed by atoms with Crippen molar-refractivity contribution in [2.45, 2.75) is 62.7 Å². The molecule has 0 bridgehead atoms. The summed E-state index contributed by atoms with van der Waals surface area (Å²) in [5, 5.41) is 0. The van der Waals surface area contributed by atoms with Crippen molar-refractivity contribution in [3.63, 3.8) is 0 Å². The van der Waals surface area contributed by atoms with Gasteiger partial charge in [-0.3, -0.25) is 4.48 Å². The van der Waals surface area contributed by atoms with Crippen LogP contribution in [0.15, 0.2) is 48.5 Å². The first kappa shape index (κ1) is 15.4. The van der Waals surface area contributed by atoms with Crippen molar-refractivity contribution in [1.29, 1.82) is 0 Å². The van der Waals surface area contributed by atoms with Gasteiger partial charge in [0.05, 0.1) is 13.0 Å². The van der Waals surface area contributed by atoms with Gasteiger partial charge in [-0.2, -0.15) is 0 Å². The molecule has 2 heteroatoms. The van der Waals surface area contributed by atoms with Crippen LogP contribution in [0.5, 0.6) is 0 Å². The van der Waals surface area contributed by atoms with Crippen LogP contribution in [0.2, 0.25) is 0 Å². The number of quaternary nitrogens is 1. The van der Waals surface area contributed by atoms with Gasteiger partial charge in [-0.05, 0) is 13.8 Å². The summed E-state index contributed by atoms with van der Waals surface area (Å²) in [4.78, 5) is 0. The van der Waals surface area contributed by atoms with Gasteiger partial charge in [0.25, 0.3) is 0 Å². The number of fused-ring (bicyclic) bond motifs is 7. The Morgan fingerprint density at radius 3 is 2.23 bits per heavy atom. The van der Waals surface area contributed by atoms with Crippen LogP contribution in [0.3, 0.4) is 0 Å². The lowest BCUT2D eigenvalue weighted by molar-refractivity contribution is -0.975. The number of rotatable bonds is 5. The molecule has 0 radical (unpaired) electrons. The summed E-state index contributed by atoms with van der Waals surface area (Å²) >= 11 is 0. The van der Waals surface area contributed by atoms with Gasteiger partial charge in [0, 0.05) is 41.7 Å². The SMILES string of the molecule is CCOCC[C@]12CC3[C@]4(CC)c5ccccc5C(C)(c5ccccc51)[N+]324. The second kappa shape index (κ2) is 4.43. The molecule has 4 aliphatic rings. The maximum atomic E-state index is 5.88. The molecule has 2 nitrogen and oxygen atoms in total. The van der Waals surface area contributed by atoms with Crippen LogP contribution in [-0.4, -0.2) is 23.7 Å². The molecule has 4 heterocycles. The van der Waals surface area contributed by atoms with Crippen molar-refractivity contribution in [3.8, 4) is 0 Å². The fourth-order valence-corrected chi connectivity index (χ4v) is 8.29. The third kappa shape index (κ3) is 1.12. The lowest BCUT2D eigenvalue weighted by Gasteiger charge is -2.50. The van der Waals surface area contributed by atoms with E-state index in [4.69, 9.17) is 4.74 Å². The zero-order valence-electron chi connectivity index (χ0n) is 16.1. The molecule has 0 aromatic heterocycles. The van der Waals surface area contributed by atoms with E-state index in [0.29, 0.717) is 5.54 Å². The number of ether oxygens (including phenoxy) is 1. The third-order valence-electron chi connectivity index (χ3n) is 8.77. The second-order valence-electron chi connectivity index (χ2n) is 8.86. The van der Waals surface area contributed by atoms with E-state index in [1.54, 1.807) is 22.3 Å². The van der Waals surface area contributed by atoms with Crippen LogP contribution in [0.4, 0.5) is 0 Å². The van der Waals surface area contributed by atoms with Crippen molar-refractivity contribution in [2.24, 2.45) is 0 Å². The van der Waals surface area contributed by atoms with E-state index in [2.05, 4.69) is 69.3 Å². The molecule has 134 valence electrons. The van der Waals surface area contributed by atoms with Gasteiger partial charge in [0.2, 0.25) is 0 Å². The Bertz CT molecular complexity index is 937. The minimum absolute atomic E-state index is 0.109. The minimum Gasteiger partial charge on any atom is -0.381 e. The Morgan fingerprint density at radius 1 is 0.962 bits per heavy atom. The normalized spacial score (nSPS) is 42.5. The molecular weight excluding hydrogens is 318 g/mol. The lowest BCUT2D eigenvalue weighted by atomic mass is 9.76. The van der Waals surface area contributed by atoms with E-state index in [0.717, 1.165) is 25.7 Å². The summed E-state index contributed by atoms with van der Waals surface area (Å²) in [7, 11) is 0. The molecule has 0 N–H and O–H groups in total. The highest BCUT2D eigenvalue weighted by Gasteiger charge is 3.03. The van der Waals surface area contributed by atoms with Gasteiger partial charge in [-0.15, -0.1) is 0 Å². The van der Waals surface area contributed by atoms with Crippen LogP contribution in [0, 0.1) is 0 Å². The van der Waals surface area contributed by atoms with Crippen molar-refractivity contribution < 1.29 is 9.22 Å². The maximum Gasteiger partial charge on any atom is 0.180 e. The molecule has 26 heavy (non-hydrogen) atoms. The number of benzene rings is 2. The van der Waals surface area contributed by atoms with Gasteiger partial charge in [-0.1, -0.05) is 55.5 Å². The van der Waals surface area contributed by atoms with Crippen LogP contribution in [0.1, 0.15) is 62.3 Å². The van der Waals surface area contributed by atoms with Crippen LogP contribution in [-0.2, 0) is 21.4 Å². The molecule has 4 aliphatic heterocycles. The van der Waals surface area contributed by atoms with Gasteiger partial charge in [-0.25, -0.2) is 0 Å². The number of hydrogen-bond acceptors (Lipinski definition) is 1. The van der Waals surface area contributed by atoms with Crippen molar-refractivity contribution >= 4 is 0 Å². The molecule has 3 unspecified atom stereocenters. The van der Waals surface area contributed by atoms with Gasteiger partial charge >= 0.3 is 0 Å². The lowest BCUT2D eigenvalue weighted by Crippen LogP contribution is -2.62. The van der Waals surface area contributed by atoms with Crippen LogP contribution < -0.4 is 0 Å². The van der Waals surface area contributed by atoms with E-state index < -0.39 is 0 Å². The third-order valence-corrected chi connectivity index (χ3v) is 8.77. The first-order valence-electron chi connectivity index (χ1n) is 10.3. The largest absolute Gasteiger partial charge is 0.381 e. The van der Waals surface area contributed by atoms with E-state index in [9.17, 15) is 0 Å². The van der Waals surface area contributed by atoms with Crippen molar-refractivity contribution in [3.05, 3.63) is 70.8 Å². The number of nitrogens with zero attached hydrogens (tertiary/aromatic N) is 1. The molecule has 5 atom stereocenters. The quantitative estimate of drug-likeness (QED) is 0.429. The molecule has 2 aromatic rings. The fourth-order valence-electron chi connectivity index (χ4n) is 8.29. The van der Waals surface area contributed by atoms with Crippen LogP contribution >= 0.6 is 0 Å². The predicted octanol–water partition coefficient (Wildman–Crippen LogP) is 4.81. The topological polar surface area (TPSA) is 9.23 Å². The molecule has 0 saturated carbocycles. The van der Waals surface area contributed by atoms with E-state index in [1.807, 2.05) is 0 Å². The molecule has 1 spiro atoms. The molecule has 2 fully saturated rings. The highest BCUT2D eigenvalue weighted by molar-refractivity contribution is 5.61. The first-order valence-corrected chi connectivity index (χ1v) is 10.3. The summed E-state index contributed by atoms with van der Waals surface area (Å²) in [6.45, 7) is 8.77. The highest BCUT2D eigenvalue weighted by atomic mass is 16.5. The molecule has 6 rings (SSSR count). The Balaban J connectivity index is 1.65. The Kier molecular flexibility index (Phi) is 2.63. The molecule has 0 amide bonds. The van der Waals surface area contributed by atoms with Crippen molar-refractivity contribution in [1.82, 2.24) is 0 Å². The zero-order valence-corrected chi connectivity index (χ0v) is 16.1. The summed E-state index contributed by atoms with van der Waals surface area (Å²) in [5.41, 5.74) is 7.11. The molecule has 2 aromatic carbocycles. The smallest absolute Gasteiger partial charge is 0.180 e. The maximum absolute atomic E-state index is 5.88. The summed E-state index contributed by atoms with van der Waals surface area (Å²) in [6.07, 6.45) is 3.73. The second-order valence-corrected chi connectivity index (χ2v) is 8.86. The highest BCUT2D eigenvalue weighted by Crippen LogP contribution is 2.90. The first-order chi connectivity index (χ1) is 12.7. The summed E-state index contributed by atoms with van der Waals surface area (Å²) in [5.74, 6) is 0. The van der Waals surface area contributed by atoms with E-state index in [-0.39, 0.29) is 11.1 Å². The summed E-state index contributed by atoms with van der Waals surface area (Å²) < 4.78 is 7.15. The Morgan fingerprint density at radius 2 is 1.58 bits per heavy atom. The number of hydrogen-bond donors (Lipinski definition) is 0. The van der Waals surface area contributed by atoms with Gasteiger partial charge < -0.3 is 4.74 Å². The molecular formula is C24H28NO+. The average Bonchev–Trinajstić information content (AvgIpc) is 3.03. The Labute approximate surface area is 156 Å². The zero-order chi connectivity index (χ0) is 17.8. The Hall–Kier alpha value is -1.64.